The fraction of sp³-hybridized carbons (Fsp3) is 0. The molecule has 6 nitrogen and oxygen atoms in total. The summed E-state index contributed by atoms with van der Waals surface area (Å²) in [6.07, 6.45) is 2.12. The topological polar surface area (TPSA) is 82.2 Å². The minimum absolute atomic E-state index is 0.0705. The first-order valence-electron chi connectivity index (χ1n) is 4.93. The van der Waals surface area contributed by atoms with Crippen LogP contribution in [0.1, 0.15) is 10.5 Å². The summed E-state index contributed by atoms with van der Waals surface area (Å²) >= 11 is 0. The van der Waals surface area contributed by atoms with Crippen LogP contribution >= 0.6 is 0 Å². The molecular formula is C11H8N2O4S. The van der Waals surface area contributed by atoms with E-state index in [9.17, 15) is 19.1 Å². The molecular weight excluding hydrogens is 256 g/mol. The van der Waals surface area contributed by atoms with Gasteiger partial charge in [-0.15, -0.1) is 0 Å². The summed E-state index contributed by atoms with van der Waals surface area (Å²) in [5.74, 6) is 0. The Morgan fingerprint density at radius 1 is 1.22 bits per heavy atom. The molecule has 0 amide bonds. The van der Waals surface area contributed by atoms with Crippen molar-refractivity contribution in [3.63, 3.8) is 0 Å². The molecule has 1 heterocycles. The standard InChI is InChI=1S/C11H8N2O4S/c14-8-10-2-1-7-12(10)18(17)11-5-3-9(4-6-11)13(15)16/h1-8H. The summed E-state index contributed by atoms with van der Waals surface area (Å²) in [7, 11) is -1.59. The fourth-order valence-electron chi connectivity index (χ4n) is 1.42. The lowest BCUT2D eigenvalue weighted by atomic mass is 10.3. The summed E-state index contributed by atoms with van der Waals surface area (Å²) in [5, 5.41) is 10.5. The summed E-state index contributed by atoms with van der Waals surface area (Å²) < 4.78 is 13.4. The van der Waals surface area contributed by atoms with Crippen LogP contribution in [0.4, 0.5) is 5.69 Å². The first-order valence-corrected chi connectivity index (χ1v) is 6.03. The van der Waals surface area contributed by atoms with Gasteiger partial charge < -0.3 is 0 Å². The average molecular weight is 264 g/mol. The van der Waals surface area contributed by atoms with Gasteiger partial charge >= 0.3 is 0 Å². The Morgan fingerprint density at radius 3 is 2.44 bits per heavy atom. The molecule has 0 radical (unpaired) electrons. The van der Waals surface area contributed by atoms with Gasteiger partial charge in [-0.05, 0) is 24.3 Å². The molecule has 0 saturated carbocycles. The van der Waals surface area contributed by atoms with E-state index in [1.807, 2.05) is 0 Å². The van der Waals surface area contributed by atoms with E-state index >= 15 is 0 Å². The van der Waals surface area contributed by atoms with Crippen LogP contribution in [0, 0.1) is 10.1 Å². The number of carbonyl (C=O) groups is 1. The Hall–Kier alpha value is -2.28. The molecule has 92 valence electrons. The fourth-order valence-corrected chi connectivity index (χ4v) is 2.49. The van der Waals surface area contributed by atoms with Crippen LogP contribution in [0.2, 0.25) is 0 Å². The van der Waals surface area contributed by atoms with Gasteiger partial charge in [0.2, 0.25) is 0 Å². The second kappa shape index (κ2) is 4.92. The van der Waals surface area contributed by atoms with Gasteiger partial charge in [-0.25, -0.2) is 4.21 Å². The maximum absolute atomic E-state index is 12.1. The smallest absolute Gasteiger partial charge is 0.269 e. The molecule has 0 bridgehead atoms. The van der Waals surface area contributed by atoms with Crippen LogP contribution in [-0.2, 0) is 11.0 Å². The van der Waals surface area contributed by atoms with Crippen molar-refractivity contribution >= 4 is 23.0 Å². The van der Waals surface area contributed by atoms with E-state index in [1.165, 1.54) is 40.5 Å². The lowest BCUT2D eigenvalue weighted by Gasteiger charge is -2.04. The van der Waals surface area contributed by atoms with E-state index < -0.39 is 15.9 Å². The third-order valence-electron chi connectivity index (χ3n) is 2.29. The van der Waals surface area contributed by atoms with Crippen molar-refractivity contribution in [1.29, 1.82) is 0 Å². The first-order chi connectivity index (χ1) is 8.63. The molecule has 7 heteroatoms. The Balaban J connectivity index is 2.34. The molecule has 1 aromatic carbocycles. The second-order valence-electron chi connectivity index (χ2n) is 3.38. The number of nitro benzene ring substituents is 1. The van der Waals surface area contributed by atoms with Gasteiger partial charge in [0.1, 0.15) is 0 Å². The predicted octanol–water partition coefficient (Wildman–Crippen LogP) is 1.78. The number of nitro groups is 1. The van der Waals surface area contributed by atoms with Crippen molar-refractivity contribution < 1.29 is 13.9 Å². The number of hydrogen-bond acceptors (Lipinski definition) is 4. The molecule has 1 atom stereocenters. The minimum atomic E-state index is -1.59. The molecule has 0 aliphatic carbocycles. The maximum atomic E-state index is 12.1. The van der Waals surface area contributed by atoms with Crippen molar-refractivity contribution in [2.24, 2.45) is 0 Å². The number of non-ortho nitro benzene ring substituents is 1. The zero-order valence-corrected chi connectivity index (χ0v) is 9.87. The van der Waals surface area contributed by atoms with Crippen LogP contribution in [0.25, 0.3) is 0 Å². The van der Waals surface area contributed by atoms with Crippen LogP contribution in [0.15, 0.2) is 47.5 Å². The van der Waals surface area contributed by atoms with Crippen LogP contribution in [-0.4, -0.2) is 19.4 Å². The van der Waals surface area contributed by atoms with Crippen molar-refractivity contribution in [3.05, 3.63) is 58.4 Å². The average Bonchev–Trinajstić information content (AvgIpc) is 2.86. The van der Waals surface area contributed by atoms with E-state index in [1.54, 1.807) is 6.07 Å². The van der Waals surface area contributed by atoms with Gasteiger partial charge in [0.25, 0.3) is 5.69 Å². The Labute approximate surface area is 105 Å². The molecule has 0 N–H and O–H groups in total. The molecule has 0 spiro atoms. The molecule has 1 unspecified atom stereocenters. The highest BCUT2D eigenvalue weighted by molar-refractivity contribution is 7.83. The zero-order valence-electron chi connectivity index (χ0n) is 9.05. The molecule has 18 heavy (non-hydrogen) atoms. The Kier molecular flexibility index (Phi) is 3.33. The van der Waals surface area contributed by atoms with E-state index in [-0.39, 0.29) is 11.4 Å². The molecule has 0 aliphatic rings. The Bertz CT molecular complexity index is 618. The summed E-state index contributed by atoms with van der Waals surface area (Å²) in [5.41, 5.74) is 0.213. The summed E-state index contributed by atoms with van der Waals surface area (Å²) in [6.45, 7) is 0. The lowest BCUT2D eigenvalue weighted by Crippen LogP contribution is -2.07. The third-order valence-corrected chi connectivity index (χ3v) is 3.66. The van der Waals surface area contributed by atoms with E-state index in [0.29, 0.717) is 11.2 Å². The molecule has 1 aromatic heterocycles. The quantitative estimate of drug-likeness (QED) is 0.478. The zero-order chi connectivity index (χ0) is 13.1. The number of benzene rings is 1. The summed E-state index contributed by atoms with van der Waals surface area (Å²) in [6, 6.07) is 8.50. The van der Waals surface area contributed by atoms with Crippen molar-refractivity contribution in [3.8, 4) is 0 Å². The third kappa shape index (κ3) is 2.21. The number of nitrogens with zero attached hydrogens (tertiary/aromatic N) is 2. The van der Waals surface area contributed by atoms with Gasteiger partial charge in [0.15, 0.2) is 17.3 Å². The van der Waals surface area contributed by atoms with E-state index in [2.05, 4.69) is 0 Å². The van der Waals surface area contributed by atoms with Gasteiger partial charge in [-0.2, -0.15) is 0 Å². The summed E-state index contributed by atoms with van der Waals surface area (Å²) in [4.78, 5) is 21.1. The molecule has 0 fully saturated rings. The van der Waals surface area contributed by atoms with Gasteiger partial charge in [0.05, 0.1) is 15.5 Å². The van der Waals surface area contributed by atoms with Crippen LogP contribution < -0.4 is 0 Å². The molecule has 0 aliphatic heterocycles. The largest absolute Gasteiger partial charge is 0.296 e. The van der Waals surface area contributed by atoms with E-state index in [4.69, 9.17) is 0 Å². The number of carbonyl (C=O) groups excluding carboxylic acids is 1. The normalized spacial score (nSPS) is 12.0. The molecule has 2 rings (SSSR count). The first kappa shape index (κ1) is 12.2. The van der Waals surface area contributed by atoms with Crippen LogP contribution in [0.5, 0.6) is 0 Å². The minimum Gasteiger partial charge on any atom is -0.296 e. The van der Waals surface area contributed by atoms with Crippen LogP contribution in [0.3, 0.4) is 0 Å². The van der Waals surface area contributed by atoms with E-state index in [0.717, 1.165) is 0 Å². The highest BCUT2D eigenvalue weighted by atomic mass is 32.2. The number of hydrogen-bond donors (Lipinski definition) is 0. The number of rotatable bonds is 4. The molecule has 0 saturated heterocycles. The molecule has 2 aromatic rings. The SMILES string of the molecule is O=Cc1cccn1S(=O)c1ccc([N+](=O)[O-])cc1. The van der Waals surface area contributed by atoms with Gasteiger partial charge in [-0.1, -0.05) is 0 Å². The van der Waals surface area contributed by atoms with Crippen molar-refractivity contribution in [2.75, 3.05) is 0 Å². The second-order valence-corrected chi connectivity index (χ2v) is 4.74. The van der Waals surface area contributed by atoms with Gasteiger partial charge in [-0.3, -0.25) is 18.9 Å². The number of aldehydes is 1. The van der Waals surface area contributed by atoms with Crippen molar-refractivity contribution in [2.45, 2.75) is 4.90 Å². The van der Waals surface area contributed by atoms with Crippen molar-refractivity contribution in [1.82, 2.24) is 3.97 Å². The number of aromatic nitrogens is 1. The highest BCUT2D eigenvalue weighted by Gasteiger charge is 2.11. The highest BCUT2D eigenvalue weighted by Crippen LogP contribution is 2.16. The maximum Gasteiger partial charge on any atom is 0.269 e. The predicted molar refractivity (Wildman–Crippen MR) is 64.7 cm³/mol. The Morgan fingerprint density at radius 2 is 1.89 bits per heavy atom. The van der Waals surface area contributed by atoms with Gasteiger partial charge in [0, 0.05) is 18.3 Å². The monoisotopic (exact) mass is 264 g/mol. The lowest BCUT2D eigenvalue weighted by molar-refractivity contribution is -0.384.